The number of carbonyl (C=O) groups excluding carboxylic acids is 2. The fourth-order valence-electron chi connectivity index (χ4n) is 4.18. The lowest BCUT2D eigenvalue weighted by molar-refractivity contribution is -0.117. The Bertz CT molecular complexity index is 1290. The fourth-order valence-corrected chi connectivity index (χ4v) is 4.18. The standard InChI is InChI=1S/C25H22N2O3/c1-16-20-12-11-18-7-2-3-9-21(18)24(20)30-23(16)25(29)26-15-17-6-4-8-19(14-17)27-13-5-10-22(27)28/h2-4,6-9,11-12,14H,5,10,13,15H2,1H3,(H,26,29). The first-order chi connectivity index (χ1) is 14.6. The Hall–Kier alpha value is -3.60. The number of hydrogen-bond donors (Lipinski definition) is 1. The molecule has 0 bridgehead atoms. The number of furan rings is 1. The van der Waals surface area contributed by atoms with Gasteiger partial charge in [-0.25, -0.2) is 0 Å². The molecule has 1 fully saturated rings. The van der Waals surface area contributed by atoms with Crippen LogP contribution in [0.25, 0.3) is 21.7 Å². The summed E-state index contributed by atoms with van der Waals surface area (Å²) in [5, 5.41) is 5.99. The summed E-state index contributed by atoms with van der Waals surface area (Å²) >= 11 is 0. The summed E-state index contributed by atoms with van der Waals surface area (Å²) in [7, 11) is 0. The topological polar surface area (TPSA) is 62.6 Å². The van der Waals surface area contributed by atoms with Gasteiger partial charge in [0.2, 0.25) is 5.91 Å². The molecule has 150 valence electrons. The lowest BCUT2D eigenvalue weighted by Crippen LogP contribution is -2.25. The van der Waals surface area contributed by atoms with E-state index in [1.807, 2.05) is 67.6 Å². The van der Waals surface area contributed by atoms with Crippen molar-refractivity contribution in [3.63, 3.8) is 0 Å². The van der Waals surface area contributed by atoms with Gasteiger partial charge >= 0.3 is 0 Å². The van der Waals surface area contributed by atoms with E-state index in [4.69, 9.17) is 4.42 Å². The first-order valence-electron chi connectivity index (χ1n) is 10.2. The van der Waals surface area contributed by atoms with E-state index >= 15 is 0 Å². The molecule has 4 aromatic rings. The van der Waals surface area contributed by atoms with Gasteiger partial charge < -0.3 is 14.6 Å². The summed E-state index contributed by atoms with van der Waals surface area (Å²) < 4.78 is 6.02. The Morgan fingerprint density at radius 1 is 1.07 bits per heavy atom. The molecule has 1 N–H and O–H groups in total. The highest BCUT2D eigenvalue weighted by Crippen LogP contribution is 2.31. The van der Waals surface area contributed by atoms with Crippen LogP contribution in [-0.4, -0.2) is 18.4 Å². The fraction of sp³-hybridized carbons (Fsp3) is 0.200. The molecule has 0 atom stereocenters. The molecule has 0 saturated carbocycles. The second-order valence-corrected chi connectivity index (χ2v) is 7.72. The van der Waals surface area contributed by atoms with Crippen molar-refractivity contribution in [1.29, 1.82) is 0 Å². The van der Waals surface area contributed by atoms with E-state index in [9.17, 15) is 9.59 Å². The van der Waals surface area contributed by atoms with E-state index < -0.39 is 0 Å². The number of fused-ring (bicyclic) bond motifs is 3. The van der Waals surface area contributed by atoms with Gasteiger partial charge in [-0.1, -0.05) is 48.5 Å². The predicted octanol–water partition coefficient (Wildman–Crippen LogP) is 4.95. The van der Waals surface area contributed by atoms with Crippen molar-refractivity contribution in [2.45, 2.75) is 26.3 Å². The maximum atomic E-state index is 12.9. The largest absolute Gasteiger partial charge is 0.450 e. The molecule has 0 unspecified atom stereocenters. The molecule has 2 heterocycles. The summed E-state index contributed by atoms with van der Waals surface area (Å²) in [5.74, 6) is 0.254. The zero-order valence-corrected chi connectivity index (χ0v) is 16.8. The molecule has 1 saturated heterocycles. The number of nitrogens with one attached hydrogen (secondary N) is 1. The third-order valence-corrected chi connectivity index (χ3v) is 5.78. The van der Waals surface area contributed by atoms with Crippen molar-refractivity contribution >= 4 is 39.2 Å². The molecule has 1 aliphatic rings. The summed E-state index contributed by atoms with van der Waals surface area (Å²) in [5.41, 5.74) is 3.41. The first kappa shape index (κ1) is 18.4. The molecule has 0 radical (unpaired) electrons. The molecule has 30 heavy (non-hydrogen) atoms. The molecule has 0 aliphatic carbocycles. The van der Waals surface area contributed by atoms with Gasteiger partial charge in [0.25, 0.3) is 5.91 Å². The average molecular weight is 398 g/mol. The minimum absolute atomic E-state index is 0.154. The van der Waals surface area contributed by atoms with Crippen LogP contribution in [0, 0.1) is 6.92 Å². The van der Waals surface area contributed by atoms with Crippen LogP contribution in [0.15, 0.2) is 65.1 Å². The Balaban J connectivity index is 1.38. The Labute approximate surface area is 174 Å². The monoisotopic (exact) mass is 398 g/mol. The van der Waals surface area contributed by atoms with Gasteiger partial charge in [-0.15, -0.1) is 0 Å². The van der Waals surface area contributed by atoms with Crippen molar-refractivity contribution in [3.8, 4) is 0 Å². The van der Waals surface area contributed by atoms with Crippen LogP contribution in [0.4, 0.5) is 5.69 Å². The zero-order valence-electron chi connectivity index (χ0n) is 16.8. The van der Waals surface area contributed by atoms with Gasteiger partial charge in [-0.05, 0) is 36.4 Å². The highest BCUT2D eigenvalue weighted by Gasteiger charge is 2.22. The van der Waals surface area contributed by atoms with Gasteiger partial charge in [-0.2, -0.15) is 0 Å². The van der Waals surface area contributed by atoms with Gasteiger partial charge in [0.05, 0.1) is 0 Å². The highest BCUT2D eigenvalue weighted by atomic mass is 16.3. The summed E-state index contributed by atoms with van der Waals surface area (Å²) in [4.78, 5) is 26.7. The van der Waals surface area contributed by atoms with Crippen LogP contribution in [0.3, 0.4) is 0 Å². The van der Waals surface area contributed by atoms with E-state index in [0.29, 0.717) is 18.7 Å². The first-order valence-corrected chi connectivity index (χ1v) is 10.2. The molecule has 5 heteroatoms. The number of hydrogen-bond acceptors (Lipinski definition) is 3. The number of benzene rings is 3. The normalized spacial score (nSPS) is 14.0. The maximum absolute atomic E-state index is 12.9. The average Bonchev–Trinajstić information content (AvgIpc) is 3.35. The Morgan fingerprint density at radius 2 is 1.93 bits per heavy atom. The molecule has 3 aromatic carbocycles. The van der Waals surface area contributed by atoms with Crippen molar-refractivity contribution in [2.24, 2.45) is 0 Å². The van der Waals surface area contributed by atoms with Crippen LogP contribution in [0.2, 0.25) is 0 Å². The molecular weight excluding hydrogens is 376 g/mol. The molecule has 1 aromatic heterocycles. The third kappa shape index (κ3) is 3.12. The number of carbonyl (C=O) groups is 2. The minimum Gasteiger partial charge on any atom is -0.450 e. The van der Waals surface area contributed by atoms with Crippen molar-refractivity contribution in [3.05, 3.63) is 77.6 Å². The summed E-state index contributed by atoms with van der Waals surface area (Å²) in [6.07, 6.45) is 1.49. The van der Waals surface area contributed by atoms with E-state index in [-0.39, 0.29) is 11.8 Å². The summed E-state index contributed by atoms with van der Waals surface area (Å²) in [6.45, 7) is 3.03. The van der Waals surface area contributed by atoms with E-state index in [2.05, 4.69) is 5.32 Å². The van der Waals surface area contributed by atoms with Gasteiger partial charge in [-0.3, -0.25) is 9.59 Å². The van der Waals surface area contributed by atoms with Crippen LogP contribution in [0.1, 0.15) is 34.5 Å². The number of anilines is 1. The predicted molar refractivity (Wildman–Crippen MR) is 118 cm³/mol. The van der Waals surface area contributed by atoms with E-state index in [0.717, 1.165) is 51.5 Å². The van der Waals surface area contributed by atoms with Gasteiger partial charge in [0.1, 0.15) is 5.58 Å². The third-order valence-electron chi connectivity index (χ3n) is 5.78. The van der Waals surface area contributed by atoms with Crippen LogP contribution in [-0.2, 0) is 11.3 Å². The summed E-state index contributed by atoms with van der Waals surface area (Å²) in [6, 6.07) is 19.8. The minimum atomic E-state index is -0.240. The van der Waals surface area contributed by atoms with Crippen LogP contribution >= 0.6 is 0 Å². The maximum Gasteiger partial charge on any atom is 0.287 e. The highest BCUT2D eigenvalue weighted by molar-refractivity contribution is 6.08. The van der Waals surface area contributed by atoms with Crippen LogP contribution in [0.5, 0.6) is 0 Å². The molecule has 5 rings (SSSR count). The SMILES string of the molecule is Cc1c(C(=O)NCc2cccc(N3CCCC3=O)c2)oc2c1ccc1ccccc12. The smallest absolute Gasteiger partial charge is 0.287 e. The molecule has 2 amide bonds. The Kier molecular flexibility index (Phi) is 4.51. The number of aryl methyl sites for hydroxylation is 1. The van der Waals surface area contributed by atoms with Crippen molar-refractivity contribution in [2.75, 3.05) is 11.4 Å². The number of amides is 2. The molecule has 5 nitrogen and oxygen atoms in total. The lowest BCUT2D eigenvalue weighted by atomic mass is 10.1. The second-order valence-electron chi connectivity index (χ2n) is 7.72. The molecular formula is C25H22N2O3. The van der Waals surface area contributed by atoms with Gasteiger partial charge in [0, 0.05) is 41.5 Å². The molecule has 0 spiro atoms. The molecule has 1 aliphatic heterocycles. The van der Waals surface area contributed by atoms with Gasteiger partial charge in [0.15, 0.2) is 5.76 Å². The van der Waals surface area contributed by atoms with E-state index in [1.165, 1.54) is 0 Å². The second kappa shape index (κ2) is 7.34. The lowest BCUT2D eigenvalue weighted by Gasteiger charge is -2.16. The Morgan fingerprint density at radius 3 is 2.77 bits per heavy atom. The number of rotatable bonds is 4. The van der Waals surface area contributed by atoms with Crippen molar-refractivity contribution in [1.82, 2.24) is 5.32 Å². The van der Waals surface area contributed by atoms with E-state index in [1.54, 1.807) is 4.90 Å². The van der Waals surface area contributed by atoms with Crippen LogP contribution < -0.4 is 10.2 Å². The zero-order chi connectivity index (χ0) is 20.7. The number of nitrogens with zero attached hydrogens (tertiary/aromatic N) is 1. The quantitative estimate of drug-likeness (QED) is 0.529. The van der Waals surface area contributed by atoms with Crippen molar-refractivity contribution < 1.29 is 14.0 Å².